The lowest BCUT2D eigenvalue weighted by Gasteiger charge is -2.07. The molecular formula is C18H16BrClN2O3S. The van der Waals surface area contributed by atoms with Crippen LogP contribution in [0.5, 0.6) is 11.5 Å². The summed E-state index contributed by atoms with van der Waals surface area (Å²) in [5.74, 6) is 1.07. The maximum Gasteiger partial charge on any atom is 0.264 e. The second-order valence-corrected chi connectivity index (χ2v) is 7.73. The number of amides is 1. The number of carbonyl (C=O) groups is 1. The lowest BCUT2D eigenvalue weighted by molar-refractivity contribution is -0.118. The van der Waals surface area contributed by atoms with Crippen molar-refractivity contribution < 1.29 is 14.3 Å². The maximum atomic E-state index is 12.1. The third kappa shape index (κ3) is 4.87. The highest BCUT2D eigenvalue weighted by atomic mass is 79.9. The quantitative estimate of drug-likeness (QED) is 0.510. The highest BCUT2D eigenvalue weighted by molar-refractivity contribution is 9.10. The summed E-state index contributed by atoms with van der Waals surface area (Å²) in [6, 6.07) is 10.8. The summed E-state index contributed by atoms with van der Waals surface area (Å²) in [7, 11) is 0. The molecule has 0 aliphatic heterocycles. The smallest absolute Gasteiger partial charge is 0.264 e. The molecule has 2 aromatic carbocycles. The molecular weight excluding hydrogens is 440 g/mol. The Bertz CT molecular complexity index is 932. The minimum absolute atomic E-state index is 0.124. The monoisotopic (exact) mass is 454 g/mol. The van der Waals surface area contributed by atoms with Crippen LogP contribution in [0.15, 0.2) is 40.9 Å². The number of anilines is 1. The van der Waals surface area contributed by atoms with Crippen molar-refractivity contribution in [2.24, 2.45) is 0 Å². The molecule has 3 aromatic rings. The van der Waals surface area contributed by atoms with Crippen LogP contribution >= 0.6 is 38.9 Å². The topological polar surface area (TPSA) is 60.5 Å². The van der Waals surface area contributed by atoms with E-state index in [1.54, 1.807) is 18.2 Å². The molecule has 0 atom stereocenters. The number of nitrogens with one attached hydrogen (secondary N) is 1. The fraction of sp³-hybridized carbons (Fsp3) is 0.222. The molecule has 0 aliphatic rings. The SMILES string of the molecule is CCCOc1ccc2nc(NC(=O)COc3ccc(Cl)cc3Br)sc2c1. The zero-order valence-electron chi connectivity index (χ0n) is 13.9. The number of carbonyl (C=O) groups excluding carboxylic acids is 1. The van der Waals surface area contributed by atoms with Crippen molar-refractivity contribution in [3.05, 3.63) is 45.9 Å². The Morgan fingerprint density at radius 2 is 2.12 bits per heavy atom. The highest BCUT2D eigenvalue weighted by Crippen LogP contribution is 2.30. The van der Waals surface area contributed by atoms with Gasteiger partial charge in [-0.15, -0.1) is 0 Å². The van der Waals surface area contributed by atoms with Crippen LogP contribution in [0.4, 0.5) is 5.13 Å². The zero-order valence-corrected chi connectivity index (χ0v) is 17.1. The van der Waals surface area contributed by atoms with Gasteiger partial charge >= 0.3 is 0 Å². The van der Waals surface area contributed by atoms with E-state index in [-0.39, 0.29) is 12.5 Å². The predicted octanol–water partition coefficient (Wildman–Crippen LogP) is 5.52. The number of nitrogens with zero attached hydrogens (tertiary/aromatic N) is 1. The number of halogens is 2. The van der Waals surface area contributed by atoms with Crippen LogP contribution in [0, 0.1) is 0 Å². The number of hydrogen-bond donors (Lipinski definition) is 1. The summed E-state index contributed by atoms with van der Waals surface area (Å²) in [4.78, 5) is 16.5. The van der Waals surface area contributed by atoms with E-state index < -0.39 is 0 Å². The normalized spacial score (nSPS) is 10.7. The molecule has 0 bridgehead atoms. The Morgan fingerprint density at radius 3 is 2.88 bits per heavy atom. The lowest BCUT2D eigenvalue weighted by atomic mass is 10.3. The molecule has 0 fully saturated rings. The van der Waals surface area contributed by atoms with E-state index in [0.29, 0.717) is 27.0 Å². The molecule has 3 rings (SSSR count). The van der Waals surface area contributed by atoms with Gasteiger partial charge in [-0.25, -0.2) is 4.98 Å². The second kappa shape index (κ2) is 8.70. The summed E-state index contributed by atoms with van der Waals surface area (Å²) >= 11 is 10.6. The van der Waals surface area contributed by atoms with Crippen LogP contribution in [-0.4, -0.2) is 24.1 Å². The van der Waals surface area contributed by atoms with Crippen LogP contribution in [0.25, 0.3) is 10.2 Å². The van der Waals surface area contributed by atoms with Gasteiger partial charge in [-0.2, -0.15) is 0 Å². The van der Waals surface area contributed by atoms with Gasteiger partial charge in [0.15, 0.2) is 11.7 Å². The number of fused-ring (bicyclic) bond motifs is 1. The fourth-order valence-electron chi connectivity index (χ4n) is 2.16. The van der Waals surface area contributed by atoms with Crippen LogP contribution < -0.4 is 14.8 Å². The largest absolute Gasteiger partial charge is 0.494 e. The van der Waals surface area contributed by atoms with Gasteiger partial charge in [0.25, 0.3) is 5.91 Å². The zero-order chi connectivity index (χ0) is 18.5. The number of ether oxygens (including phenoxy) is 2. The minimum atomic E-state index is -0.284. The Kier molecular flexibility index (Phi) is 6.34. The molecule has 136 valence electrons. The van der Waals surface area contributed by atoms with E-state index in [1.807, 2.05) is 18.2 Å². The molecule has 0 unspecified atom stereocenters. The first kappa shape index (κ1) is 18.9. The van der Waals surface area contributed by atoms with Crippen molar-refractivity contribution >= 4 is 60.1 Å². The molecule has 1 N–H and O–H groups in total. The summed E-state index contributed by atoms with van der Waals surface area (Å²) in [6.45, 7) is 2.61. The Hall–Kier alpha value is -1.83. The molecule has 0 saturated heterocycles. The molecule has 0 spiro atoms. The molecule has 0 aliphatic carbocycles. The van der Waals surface area contributed by atoms with Crippen LogP contribution in [-0.2, 0) is 4.79 Å². The molecule has 5 nitrogen and oxygen atoms in total. The first-order valence-electron chi connectivity index (χ1n) is 7.96. The van der Waals surface area contributed by atoms with Crippen LogP contribution in [0.2, 0.25) is 5.02 Å². The third-order valence-corrected chi connectivity index (χ3v) is 5.12. The van der Waals surface area contributed by atoms with E-state index in [2.05, 4.69) is 33.2 Å². The number of hydrogen-bond acceptors (Lipinski definition) is 5. The van der Waals surface area contributed by atoms with Crippen molar-refractivity contribution in [2.75, 3.05) is 18.5 Å². The average molecular weight is 456 g/mol. The maximum absolute atomic E-state index is 12.1. The lowest BCUT2D eigenvalue weighted by Crippen LogP contribution is -2.20. The third-order valence-electron chi connectivity index (χ3n) is 3.33. The number of benzene rings is 2. The van der Waals surface area contributed by atoms with E-state index in [9.17, 15) is 4.79 Å². The van der Waals surface area contributed by atoms with Crippen LogP contribution in [0.1, 0.15) is 13.3 Å². The standard InChI is InChI=1S/C18H16BrClN2O3S/c1-2-7-24-12-4-5-14-16(9-12)26-18(21-14)22-17(23)10-25-15-6-3-11(20)8-13(15)19/h3-6,8-9H,2,7,10H2,1H3,(H,21,22,23). The summed E-state index contributed by atoms with van der Waals surface area (Å²) in [5.41, 5.74) is 0.815. The Balaban J connectivity index is 1.61. The second-order valence-electron chi connectivity index (χ2n) is 5.41. The number of thiazole rings is 1. The molecule has 1 amide bonds. The minimum Gasteiger partial charge on any atom is -0.494 e. The molecule has 1 heterocycles. The van der Waals surface area contributed by atoms with Gasteiger partial charge in [0.2, 0.25) is 0 Å². The van der Waals surface area contributed by atoms with Crippen molar-refractivity contribution in [3.8, 4) is 11.5 Å². The number of aromatic nitrogens is 1. The molecule has 0 saturated carbocycles. The van der Waals surface area contributed by atoms with Gasteiger partial charge in [-0.3, -0.25) is 10.1 Å². The van der Waals surface area contributed by atoms with E-state index in [4.69, 9.17) is 21.1 Å². The van der Waals surface area contributed by atoms with Gasteiger partial charge in [-0.05, 0) is 58.7 Å². The van der Waals surface area contributed by atoms with E-state index in [1.165, 1.54) is 11.3 Å². The molecule has 8 heteroatoms. The first-order chi connectivity index (χ1) is 12.5. The number of rotatable bonds is 7. The fourth-order valence-corrected chi connectivity index (χ4v) is 3.87. The van der Waals surface area contributed by atoms with Crippen molar-refractivity contribution in [1.29, 1.82) is 0 Å². The predicted molar refractivity (Wildman–Crippen MR) is 109 cm³/mol. The van der Waals surface area contributed by atoms with Gasteiger partial charge in [0.05, 0.1) is 21.3 Å². The average Bonchev–Trinajstić information content (AvgIpc) is 3.00. The van der Waals surface area contributed by atoms with Crippen molar-refractivity contribution in [1.82, 2.24) is 4.98 Å². The highest BCUT2D eigenvalue weighted by Gasteiger charge is 2.10. The Labute approximate surface area is 168 Å². The van der Waals surface area contributed by atoms with Gasteiger partial charge in [0, 0.05) is 5.02 Å². The van der Waals surface area contributed by atoms with Gasteiger partial charge < -0.3 is 9.47 Å². The van der Waals surface area contributed by atoms with Gasteiger partial charge in [-0.1, -0.05) is 29.9 Å². The van der Waals surface area contributed by atoms with Crippen molar-refractivity contribution in [3.63, 3.8) is 0 Å². The molecule has 1 aromatic heterocycles. The van der Waals surface area contributed by atoms with E-state index >= 15 is 0 Å². The Morgan fingerprint density at radius 1 is 1.27 bits per heavy atom. The summed E-state index contributed by atoms with van der Waals surface area (Å²) in [5, 5.41) is 3.87. The molecule has 26 heavy (non-hydrogen) atoms. The summed E-state index contributed by atoms with van der Waals surface area (Å²) in [6.07, 6.45) is 0.950. The molecule has 0 radical (unpaired) electrons. The van der Waals surface area contributed by atoms with Crippen molar-refractivity contribution in [2.45, 2.75) is 13.3 Å². The van der Waals surface area contributed by atoms with Gasteiger partial charge in [0.1, 0.15) is 11.5 Å². The van der Waals surface area contributed by atoms with E-state index in [0.717, 1.165) is 22.4 Å². The van der Waals surface area contributed by atoms with Crippen LogP contribution in [0.3, 0.4) is 0 Å². The summed E-state index contributed by atoms with van der Waals surface area (Å²) < 4.78 is 12.8. The first-order valence-corrected chi connectivity index (χ1v) is 9.95.